The molecular weight excluding hydrogens is 228 g/mol. The van der Waals surface area contributed by atoms with Crippen LogP contribution in [0.2, 0.25) is 19.1 Å². The number of hydrogen-bond acceptors (Lipinski definition) is 2. The lowest BCUT2D eigenvalue weighted by atomic mass is 9.80. The molecule has 0 spiro atoms. The molecule has 3 heteroatoms. The number of fused-ring (bicyclic) bond motifs is 1. The van der Waals surface area contributed by atoms with Gasteiger partial charge >= 0.3 is 0 Å². The Morgan fingerprint density at radius 3 is 2.71 bits per heavy atom. The van der Waals surface area contributed by atoms with Crippen molar-refractivity contribution in [3.8, 4) is 0 Å². The van der Waals surface area contributed by atoms with Crippen molar-refractivity contribution < 1.29 is 9.16 Å². The lowest BCUT2D eigenvalue weighted by Gasteiger charge is -2.27. The monoisotopic (exact) mass is 256 g/mol. The van der Waals surface area contributed by atoms with Gasteiger partial charge in [-0.15, -0.1) is 0 Å². The smallest absolute Gasteiger partial charge is 0.186 e. The molecule has 1 aliphatic heterocycles. The van der Waals surface area contributed by atoms with Crippen molar-refractivity contribution in [3.05, 3.63) is 0 Å². The minimum atomic E-state index is -1.32. The molecule has 0 amide bonds. The normalized spacial score (nSPS) is 34.2. The van der Waals surface area contributed by atoms with Gasteiger partial charge in [-0.05, 0) is 56.7 Å². The summed E-state index contributed by atoms with van der Waals surface area (Å²) in [5.41, 5.74) is 0. The zero-order valence-corrected chi connectivity index (χ0v) is 12.9. The van der Waals surface area contributed by atoms with Gasteiger partial charge in [-0.2, -0.15) is 0 Å². The Hall–Kier alpha value is 0.137. The first-order valence-electron chi connectivity index (χ1n) is 7.31. The molecule has 4 atom stereocenters. The maximum atomic E-state index is 6.08. The average molecular weight is 256 g/mol. The van der Waals surface area contributed by atoms with E-state index in [9.17, 15) is 0 Å². The Bertz CT molecular complexity index is 255. The van der Waals surface area contributed by atoms with E-state index in [-0.39, 0.29) is 0 Å². The largest absolute Gasteiger partial charge is 0.417 e. The van der Waals surface area contributed by atoms with E-state index in [0.717, 1.165) is 18.4 Å². The standard InChI is InChI=1S/C14H28O2Si/c1-5-17(3,4)15-9-8-11(2)12-6-7-13-14(10-12)16-13/h11-14H,5-10H2,1-4H3. The Balaban J connectivity index is 1.65. The highest BCUT2D eigenvalue weighted by atomic mass is 28.4. The van der Waals surface area contributed by atoms with E-state index >= 15 is 0 Å². The molecule has 4 unspecified atom stereocenters. The molecule has 1 aliphatic carbocycles. The molecule has 1 saturated carbocycles. The van der Waals surface area contributed by atoms with Gasteiger partial charge < -0.3 is 9.16 Å². The van der Waals surface area contributed by atoms with Crippen LogP contribution in [0.4, 0.5) is 0 Å². The van der Waals surface area contributed by atoms with E-state index in [4.69, 9.17) is 9.16 Å². The molecule has 0 radical (unpaired) electrons. The SMILES string of the molecule is CC[Si](C)(C)OCCC(C)C1CCC2OC2C1. The van der Waals surface area contributed by atoms with Crippen LogP contribution in [0.15, 0.2) is 0 Å². The molecule has 0 N–H and O–H groups in total. The molecule has 0 aromatic rings. The van der Waals surface area contributed by atoms with Gasteiger partial charge in [0.05, 0.1) is 12.2 Å². The lowest BCUT2D eigenvalue weighted by Crippen LogP contribution is -2.30. The van der Waals surface area contributed by atoms with Gasteiger partial charge in [0.1, 0.15) is 0 Å². The van der Waals surface area contributed by atoms with Crippen LogP contribution < -0.4 is 0 Å². The molecule has 17 heavy (non-hydrogen) atoms. The molecule has 2 fully saturated rings. The van der Waals surface area contributed by atoms with Gasteiger partial charge in [-0.1, -0.05) is 13.8 Å². The summed E-state index contributed by atoms with van der Waals surface area (Å²) in [6, 6.07) is 1.22. The summed E-state index contributed by atoms with van der Waals surface area (Å²) in [5, 5.41) is 0. The summed E-state index contributed by atoms with van der Waals surface area (Å²) in [4.78, 5) is 0. The third kappa shape index (κ3) is 3.80. The summed E-state index contributed by atoms with van der Waals surface area (Å²) in [7, 11) is -1.32. The van der Waals surface area contributed by atoms with Gasteiger partial charge in [0.2, 0.25) is 0 Å². The average Bonchev–Trinajstić information content (AvgIpc) is 3.06. The van der Waals surface area contributed by atoms with Crippen molar-refractivity contribution in [2.24, 2.45) is 11.8 Å². The number of hydrogen-bond donors (Lipinski definition) is 0. The molecule has 2 nitrogen and oxygen atoms in total. The highest BCUT2D eigenvalue weighted by Gasteiger charge is 2.44. The Kier molecular flexibility index (Phi) is 4.32. The fourth-order valence-electron chi connectivity index (χ4n) is 2.81. The van der Waals surface area contributed by atoms with Gasteiger partial charge in [-0.3, -0.25) is 0 Å². The molecule has 1 saturated heterocycles. The van der Waals surface area contributed by atoms with Crippen LogP contribution in [0.3, 0.4) is 0 Å². The summed E-state index contributed by atoms with van der Waals surface area (Å²) < 4.78 is 11.7. The minimum absolute atomic E-state index is 0.624. The van der Waals surface area contributed by atoms with Crippen LogP contribution in [0.1, 0.15) is 39.5 Å². The van der Waals surface area contributed by atoms with Crippen molar-refractivity contribution in [1.82, 2.24) is 0 Å². The predicted molar refractivity (Wildman–Crippen MR) is 73.7 cm³/mol. The van der Waals surface area contributed by atoms with Crippen molar-refractivity contribution >= 4 is 8.32 Å². The van der Waals surface area contributed by atoms with E-state index in [1.54, 1.807) is 0 Å². The van der Waals surface area contributed by atoms with Crippen LogP contribution in [0, 0.1) is 11.8 Å². The minimum Gasteiger partial charge on any atom is -0.417 e. The van der Waals surface area contributed by atoms with Crippen LogP contribution in [-0.4, -0.2) is 27.1 Å². The molecule has 100 valence electrons. The summed E-state index contributed by atoms with van der Waals surface area (Å²) in [6.07, 6.45) is 6.48. The first-order valence-corrected chi connectivity index (χ1v) is 10.4. The third-order valence-electron chi connectivity index (χ3n) is 4.77. The van der Waals surface area contributed by atoms with Gasteiger partial charge in [0.15, 0.2) is 8.32 Å². The first kappa shape index (κ1) is 13.6. The summed E-state index contributed by atoms with van der Waals surface area (Å²) >= 11 is 0. The van der Waals surface area contributed by atoms with E-state index in [1.807, 2.05) is 0 Å². The third-order valence-corrected chi connectivity index (χ3v) is 7.46. The zero-order chi connectivity index (χ0) is 12.5. The van der Waals surface area contributed by atoms with Crippen LogP contribution >= 0.6 is 0 Å². The number of rotatable bonds is 6. The van der Waals surface area contributed by atoms with E-state index in [1.165, 1.54) is 31.7 Å². The molecule has 2 rings (SSSR count). The van der Waals surface area contributed by atoms with Crippen molar-refractivity contribution in [3.63, 3.8) is 0 Å². The molecule has 0 bridgehead atoms. The van der Waals surface area contributed by atoms with Crippen LogP contribution in [0.25, 0.3) is 0 Å². The highest BCUT2D eigenvalue weighted by Crippen LogP contribution is 2.42. The first-order chi connectivity index (χ1) is 8.02. The van der Waals surface area contributed by atoms with E-state index in [0.29, 0.717) is 12.2 Å². The molecule has 1 heterocycles. The molecular formula is C14H28O2Si. The molecule has 2 aliphatic rings. The number of epoxide rings is 1. The maximum absolute atomic E-state index is 6.08. The lowest BCUT2D eigenvalue weighted by molar-refractivity contribution is 0.213. The highest BCUT2D eigenvalue weighted by molar-refractivity contribution is 6.71. The van der Waals surface area contributed by atoms with E-state index < -0.39 is 8.32 Å². The second kappa shape index (κ2) is 5.41. The maximum Gasteiger partial charge on any atom is 0.186 e. The van der Waals surface area contributed by atoms with Gasteiger partial charge in [-0.25, -0.2) is 0 Å². The second-order valence-electron chi connectivity index (χ2n) is 6.51. The van der Waals surface area contributed by atoms with Gasteiger partial charge in [0.25, 0.3) is 0 Å². The molecule has 0 aromatic carbocycles. The topological polar surface area (TPSA) is 21.8 Å². The Morgan fingerprint density at radius 1 is 1.29 bits per heavy atom. The molecule has 0 aromatic heterocycles. The summed E-state index contributed by atoms with van der Waals surface area (Å²) in [6.45, 7) is 10.3. The Labute approximate surface area is 107 Å². The Morgan fingerprint density at radius 2 is 2.06 bits per heavy atom. The van der Waals surface area contributed by atoms with Gasteiger partial charge in [0, 0.05) is 6.61 Å². The predicted octanol–water partition coefficient (Wildman–Crippen LogP) is 3.82. The zero-order valence-electron chi connectivity index (χ0n) is 11.9. The number of ether oxygens (including phenoxy) is 1. The fraction of sp³-hybridized carbons (Fsp3) is 1.00. The summed E-state index contributed by atoms with van der Waals surface area (Å²) in [5.74, 6) is 1.69. The van der Waals surface area contributed by atoms with E-state index in [2.05, 4.69) is 26.9 Å². The fourth-order valence-corrected chi connectivity index (χ4v) is 3.69. The van der Waals surface area contributed by atoms with Crippen molar-refractivity contribution in [2.75, 3.05) is 6.61 Å². The van der Waals surface area contributed by atoms with Crippen LogP contribution in [0.5, 0.6) is 0 Å². The van der Waals surface area contributed by atoms with Crippen molar-refractivity contribution in [2.45, 2.75) is 70.9 Å². The quantitative estimate of drug-likeness (QED) is 0.532. The second-order valence-corrected chi connectivity index (χ2v) is 11.0. The van der Waals surface area contributed by atoms with Crippen LogP contribution in [-0.2, 0) is 9.16 Å². The van der Waals surface area contributed by atoms with Crippen molar-refractivity contribution in [1.29, 1.82) is 0 Å².